The Labute approximate surface area is 185 Å². The fourth-order valence-electron chi connectivity index (χ4n) is 3.21. The molecule has 4 rings (SSSR count). The van der Waals surface area contributed by atoms with Gasteiger partial charge < -0.3 is 25.2 Å². The number of alkyl halides is 3. The van der Waals surface area contributed by atoms with E-state index < -0.39 is 18.1 Å². The molecule has 0 radical (unpaired) electrons. The summed E-state index contributed by atoms with van der Waals surface area (Å²) in [7, 11) is 0. The van der Waals surface area contributed by atoms with E-state index in [0.717, 1.165) is 25.3 Å². The molecule has 10 nitrogen and oxygen atoms in total. The molecule has 0 saturated carbocycles. The number of nitrogens with one attached hydrogen (secondary N) is 1. The number of urea groups is 1. The largest absolute Gasteiger partial charge is 0.490 e. The minimum absolute atomic E-state index is 0.0104. The van der Waals surface area contributed by atoms with Crippen LogP contribution in [0.2, 0.25) is 0 Å². The van der Waals surface area contributed by atoms with Crippen molar-refractivity contribution in [3.8, 4) is 11.6 Å². The first kappa shape index (κ1) is 23.8. The normalized spacial score (nSPS) is 17.7. The number of aromatic carboxylic acids is 1. The van der Waals surface area contributed by atoms with E-state index in [-0.39, 0.29) is 17.6 Å². The van der Waals surface area contributed by atoms with Crippen molar-refractivity contribution < 1.29 is 42.5 Å². The molecule has 0 unspecified atom stereocenters. The molecule has 0 spiro atoms. The Hall–Kier alpha value is -3.87. The zero-order chi connectivity index (χ0) is 24.2. The summed E-state index contributed by atoms with van der Waals surface area (Å²) in [6.45, 7) is 3.00. The molecule has 13 heteroatoms. The minimum Gasteiger partial charge on any atom is -0.478 e. The van der Waals surface area contributed by atoms with E-state index >= 15 is 0 Å². The number of carboxylic acids is 2. The van der Waals surface area contributed by atoms with Gasteiger partial charge in [-0.25, -0.2) is 19.4 Å². The van der Waals surface area contributed by atoms with Crippen molar-refractivity contribution in [2.75, 3.05) is 31.1 Å². The van der Waals surface area contributed by atoms with Crippen molar-refractivity contribution in [1.29, 1.82) is 0 Å². The van der Waals surface area contributed by atoms with Gasteiger partial charge in [-0.3, -0.25) is 4.90 Å². The third-order valence-corrected chi connectivity index (χ3v) is 4.82. The number of piperazine rings is 1. The molecule has 1 atom stereocenters. The van der Waals surface area contributed by atoms with Crippen LogP contribution in [-0.2, 0) is 4.79 Å². The number of aromatic nitrogens is 1. The molecule has 0 aliphatic carbocycles. The van der Waals surface area contributed by atoms with Gasteiger partial charge >= 0.3 is 24.1 Å². The van der Waals surface area contributed by atoms with Crippen molar-refractivity contribution in [3.05, 3.63) is 48.2 Å². The Morgan fingerprint density at radius 1 is 1.12 bits per heavy atom. The zero-order valence-corrected chi connectivity index (χ0v) is 17.0. The molecule has 2 aliphatic heterocycles. The molecule has 0 bridgehead atoms. The molecule has 2 amide bonds. The van der Waals surface area contributed by atoms with Crippen molar-refractivity contribution >= 4 is 23.7 Å². The lowest BCUT2D eigenvalue weighted by molar-refractivity contribution is -0.192. The second kappa shape index (κ2) is 9.73. The predicted octanol–water partition coefficient (Wildman–Crippen LogP) is 2.42. The molecule has 2 saturated heterocycles. The summed E-state index contributed by atoms with van der Waals surface area (Å²) in [5.41, 5.74) is 0.928. The van der Waals surface area contributed by atoms with E-state index in [2.05, 4.69) is 10.3 Å². The van der Waals surface area contributed by atoms with Crippen molar-refractivity contribution in [2.24, 2.45) is 0 Å². The van der Waals surface area contributed by atoms with Crippen LogP contribution in [0.25, 0.3) is 0 Å². The topological polar surface area (TPSA) is 132 Å². The van der Waals surface area contributed by atoms with E-state index in [4.69, 9.17) is 19.7 Å². The number of anilines is 1. The van der Waals surface area contributed by atoms with Gasteiger partial charge in [0.2, 0.25) is 5.88 Å². The standard InChI is InChI=1S/C18H18N4O4.C2HF3O2/c23-17(24)12-1-4-15(5-2-12)26-16-6-3-13(10-20-16)22-11-14-9-19-7-8-21(14)18(22)25;3-2(4,5)1(6)7/h1-6,10,14,19H,7-9,11H2,(H,23,24);(H,6,7)/t14-;/m0./s1. The number of nitrogens with zero attached hydrogens (tertiary/aromatic N) is 3. The minimum atomic E-state index is -5.08. The summed E-state index contributed by atoms with van der Waals surface area (Å²) >= 11 is 0. The van der Waals surface area contributed by atoms with E-state index in [1.165, 1.54) is 12.1 Å². The Kier molecular flexibility index (Phi) is 7.01. The first-order valence-electron chi connectivity index (χ1n) is 9.62. The van der Waals surface area contributed by atoms with Gasteiger partial charge in [-0.15, -0.1) is 0 Å². The number of halogens is 3. The Morgan fingerprint density at radius 2 is 1.79 bits per heavy atom. The van der Waals surface area contributed by atoms with Crippen LogP contribution in [0.15, 0.2) is 42.6 Å². The number of amides is 2. The highest BCUT2D eigenvalue weighted by Crippen LogP contribution is 2.27. The van der Waals surface area contributed by atoms with Crippen LogP contribution in [0.5, 0.6) is 11.6 Å². The van der Waals surface area contributed by atoms with Crippen LogP contribution in [0.4, 0.5) is 23.7 Å². The number of carbonyl (C=O) groups excluding carboxylic acids is 1. The number of hydrogen-bond donors (Lipinski definition) is 3. The molecular weight excluding hydrogens is 449 g/mol. The zero-order valence-electron chi connectivity index (χ0n) is 17.0. The quantitative estimate of drug-likeness (QED) is 0.623. The summed E-state index contributed by atoms with van der Waals surface area (Å²) in [4.78, 5) is 40.2. The van der Waals surface area contributed by atoms with Gasteiger partial charge in [-0.05, 0) is 30.3 Å². The molecule has 33 heavy (non-hydrogen) atoms. The van der Waals surface area contributed by atoms with Crippen molar-refractivity contribution in [2.45, 2.75) is 12.2 Å². The fraction of sp³-hybridized carbons (Fsp3) is 0.300. The van der Waals surface area contributed by atoms with E-state index in [1.54, 1.807) is 35.4 Å². The number of benzene rings is 1. The maximum absolute atomic E-state index is 12.5. The van der Waals surface area contributed by atoms with Crippen LogP contribution in [-0.4, -0.2) is 76.5 Å². The number of aliphatic carboxylic acids is 1. The number of carbonyl (C=O) groups is 3. The number of hydrogen-bond acceptors (Lipinski definition) is 6. The summed E-state index contributed by atoms with van der Waals surface area (Å²) in [5.74, 6) is -2.87. The van der Waals surface area contributed by atoms with E-state index in [1.807, 2.05) is 4.90 Å². The highest BCUT2D eigenvalue weighted by atomic mass is 19.4. The maximum Gasteiger partial charge on any atom is 0.490 e. The number of ether oxygens (including phenoxy) is 1. The summed E-state index contributed by atoms with van der Waals surface area (Å²) in [6, 6.07) is 9.80. The lowest BCUT2D eigenvalue weighted by Gasteiger charge is -2.28. The van der Waals surface area contributed by atoms with Crippen LogP contribution in [0.1, 0.15) is 10.4 Å². The maximum atomic E-state index is 12.5. The van der Waals surface area contributed by atoms with Gasteiger partial charge in [0, 0.05) is 32.2 Å². The lowest BCUT2D eigenvalue weighted by Crippen LogP contribution is -2.49. The molecule has 2 aliphatic rings. The fourth-order valence-corrected chi connectivity index (χ4v) is 3.21. The number of pyridine rings is 1. The van der Waals surface area contributed by atoms with Gasteiger partial charge in [0.25, 0.3) is 0 Å². The molecular formula is C20H19F3N4O6. The SMILES string of the molecule is O=C(O)C(F)(F)F.O=C(O)c1ccc(Oc2ccc(N3C[C@@H]4CNCCN4C3=O)cn2)cc1. The molecule has 1 aromatic carbocycles. The van der Waals surface area contributed by atoms with Gasteiger partial charge in [0.1, 0.15) is 5.75 Å². The predicted molar refractivity (Wildman–Crippen MR) is 108 cm³/mol. The van der Waals surface area contributed by atoms with Gasteiger partial charge in [-0.1, -0.05) is 0 Å². The third kappa shape index (κ3) is 5.88. The van der Waals surface area contributed by atoms with Crippen LogP contribution in [0.3, 0.4) is 0 Å². The summed E-state index contributed by atoms with van der Waals surface area (Å²) < 4.78 is 37.4. The highest BCUT2D eigenvalue weighted by Gasteiger charge is 2.39. The van der Waals surface area contributed by atoms with Gasteiger partial charge in [0.05, 0.1) is 23.5 Å². The first-order chi connectivity index (χ1) is 15.6. The van der Waals surface area contributed by atoms with E-state index in [9.17, 15) is 22.8 Å². The van der Waals surface area contributed by atoms with Crippen molar-refractivity contribution in [3.63, 3.8) is 0 Å². The van der Waals surface area contributed by atoms with Crippen LogP contribution >= 0.6 is 0 Å². The van der Waals surface area contributed by atoms with Gasteiger partial charge in [-0.2, -0.15) is 13.2 Å². The highest BCUT2D eigenvalue weighted by molar-refractivity contribution is 5.94. The number of rotatable bonds is 4. The number of carboxylic acid groups (broad SMARTS) is 2. The molecule has 1 aromatic heterocycles. The van der Waals surface area contributed by atoms with Crippen molar-refractivity contribution in [1.82, 2.24) is 15.2 Å². The molecule has 176 valence electrons. The molecule has 3 heterocycles. The molecule has 3 N–H and O–H groups in total. The summed E-state index contributed by atoms with van der Waals surface area (Å²) in [5, 5.41) is 19.3. The van der Waals surface area contributed by atoms with E-state index in [0.29, 0.717) is 18.2 Å². The molecule has 2 aromatic rings. The second-order valence-electron chi connectivity index (χ2n) is 7.03. The second-order valence-corrected chi connectivity index (χ2v) is 7.03. The van der Waals surface area contributed by atoms with Crippen LogP contribution < -0.4 is 15.0 Å². The first-order valence-corrected chi connectivity index (χ1v) is 9.62. The monoisotopic (exact) mass is 468 g/mol. The number of fused-ring (bicyclic) bond motifs is 1. The average molecular weight is 468 g/mol. The molecule has 2 fully saturated rings. The Bertz CT molecular complexity index is 1010. The van der Waals surface area contributed by atoms with Gasteiger partial charge in [0.15, 0.2) is 0 Å². The summed E-state index contributed by atoms with van der Waals surface area (Å²) in [6.07, 6.45) is -3.47. The van der Waals surface area contributed by atoms with Crippen LogP contribution in [0, 0.1) is 0 Å². The smallest absolute Gasteiger partial charge is 0.478 e. The third-order valence-electron chi connectivity index (χ3n) is 4.82. The Morgan fingerprint density at radius 3 is 2.30 bits per heavy atom. The Balaban J connectivity index is 0.000000383. The lowest BCUT2D eigenvalue weighted by atomic mass is 10.2. The average Bonchev–Trinajstić information content (AvgIpc) is 3.11.